The first kappa shape index (κ1) is 19.6. The highest BCUT2D eigenvalue weighted by Gasteiger charge is 2.19. The molecule has 1 aromatic rings. The van der Waals surface area contributed by atoms with Crippen molar-refractivity contribution in [2.24, 2.45) is 0 Å². The lowest BCUT2D eigenvalue weighted by Gasteiger charge is -2.22. The Hall–Kier alpha value is -1.44. The Balaban J connectivity index is 2.58. The normalized spacial score (nSPS) is 11.9. The Kier molecular flexibility index (Phi) is 7.67. The van der Waals surface area contributed by atoms with Gasteiger partial charge in [0.15, 0.2) is 0 Å². The Bertz CT molecular complexity index is 588. The third kappa shape index (κ3) is 7.11. The van der Waals surface area contributed by atoms with Crippen LogP contribution < -0.4 is 4.90 Å². The van der Waals surface area contributed by atoms with Crippen molar-refractivity contribution < 1.29 is 13.2 Å². The summed E-state index contributed by atoms with van der Waals surface area (Å²) in [5, 5.41) is 0. The maximum Gasteiger partial charge on any atom is 0.228 e. The van der Waals surface area contributed by atoms with Gasteiger partial charge in [0.05, 0.1) is 6.26 Å². The van der Waals surface area contributed by atoms with E-state index in [-0.39, 0.29) is 18.9 Å². The number of benzene rings is 1. The molecule has 0 aromatic heterocycles. The molecule has 6 nitrogen and oxygen atoms in total. The third-order valence-electron chi connectivity index (χ3n) is 3.57. The van der Waals surface area contributed by atoms with Gasteiger partial charge in [-0.25, -0.2) is 12.7 Å². The van der Waals surface area contributed by atoms with Crippen molar-refractivity contribution in [3.05, 3.63) is 30.3 Å². The van der Waals surface area contributed by atoms with Crippen LogP contribution in [-0.2, 0) is 14.8 Å². The third-order valence-corrected chi connectivity index (χ3v) is 4.88. The number of rotatable bonds is 9. The fraction of sp³-hybridized carbons (Fsp3) is 0.562. The van der Waals surface area contributed by atoms with Gasteiger partial charge in [0, 0.05) is 32.2 Å². The van der Waals surface area contributed by atoms with Crippen LogP contribution in [0.1, 0.15) is 12.8 Å². The topological polar surface area (TPSA) is 60.9 Å². The van der Waals surface area contributed by atoms with Crippen LogP contribution in [0.3, 0.4) is 0 Å². The molecule has 0 aliphatic carbocycles. The summed E-state index contributed by atoms with van der Waals surface area (Å²) in [6.07, 6.45) is 2.09. The van der Waals surface area contributed by atoms with Crippen molar-refractivity contribution >= 4 is 21.6 Å². The molecule has 0 spiro atoms. The molecular formula is C16H27N3O3S. The quantitative estimate of drug-likeness (QED) is 0.678. The van der Waals surface area contributed by atoms with E-state index in [1.807, 2.05) is 49.3 Å². The van der Waals surface area contributed by atoms with E-state index in [1.165, 1.54) is 10.6 Å². The van der Waals surface area contributed by atoms with E-state index < -0.39 is 10.0 Å². The minimum atomic E-state index is -3.30. The zero-order valence-corrected chi connectivity index (χ0v) is 15.2. The molecule has 0 heterocycles. The lowest BCUT2D eigenvalue weighted by molar-refractivity contribution is -0.118. The van der Waals surface area contributed by atoms with E-state index >= 15 is 0 Å². The van der Waals surface area contributed by atoms with Crippen molar-refractivity contribution in [3.8, 4) is 0 Å². The van der Waals surface area contributed by atoms with Crippen molar-refractivity contribution in [2.75, 3.05) is 51.9 Å². The first-order chi connectivity index (χ1) is 10.7. The number of anilines is 1. The Morgan fingerprint density at radius 3 is 2.13 bits per heavy atom. The van der Waals surface area contributed by atoms with Crippen molar-refractivity contribution in [1.82, 2.24) is 9.21 Å². The average molecular weight is 341 g/mol. The molecule has 0 radical (unpaired) electrons. The SMILES string of the molecule is CN(C)CCCN(CCC(=O)N(C)c1ccccc1)S(C)(=O)=O. The van der Waals surface area contributed by atoms with Crippen LogP contribution in [-0.4, -0.2) is 70.6 Å². The van der Waals surface area contributed by atoms with E-state index in [1.54, 1.807) is 11.9 Å². The molecule has 0 fully saturated rings. The predicted molar refractivity (Wildman–Crippen MR) is 94.1 cm³/mol. The summed E-state index contributed by atoms with van der Waals surface area (Å²) in [6.45, 7) is 1.45. The second-order valence-corrected chi connectivity index (χ2v) is 7.84. The number of amides is 1. The molecule has 7 heteroatoms. The molecule has 0 saturated carbocycles. The van der Waals surface area contributed by atoms with Crippen molar-refractivity contribution in [3.63, 3.8) is 0 Å². The van der Waals surface area contributed by atoms with Gasteiger partial charge in [-0.05, 0) is 39.2 Å². The summed E-state index contributed by atoms with van der Waals surface area (Å²) in [5.74, 6) is -0.0996. The van der Waals surface area contributed by atoms with Gasteiger partial charge in [0.25, 0.3) is 0 Å². The number of hydrogen-bond donors (Lipinski definition) is 0. The summed E-state index contributed by atoms with van der Waals surface area (Å²) in [4.78, 5) is 15.8. The number of sulfonamides is 1. The maximum absolute atomic E-state index is 12.3. The molecule has 0 saturated heterocycles. The molecule has 130 valence electrons. The van der Waals surface area contributed by atoms with E-state index in [0.29, 0.717) is 6.54 Å². The van der Waals surface area contributed by atoms with E-state index in [4.69, 9.17) is 0 Å². The standard InChI is InChI=1S/C16H27N3O3S/c1-17(2)12-8-13-19(23(4,21)22)14-11-16(20)18(3)15-9-6-5-7-10-15/h5-7,9-10H,8,11-14H2,1-4H3. The van der Waals surface area contributed by atoms with Crippen LogP contribution in [0.15, 0.2) is 30.3 Å². The van der Waals surface area contributed by atoms with Crippen LogP contribution in [0.25, 0.3) is 0 Å². The highest BCUT2D eigenvalue weighted by Crippen LogP contribution is 2.12. The zero-order chi connectivity index (χ0) is 17.5. The zero-order valence-electron chi connectivity index (χ0n) is 14.4. The average Bonchev–Trinajstić information content (AvgIpc) is 2.48. The summed E-state index contributed by atoms with van der Waals surface area (Å²) in [6, 6.07) is 9.32. The van der Waals surface area contributed by atoms with Crippen LogP contribution in [0.5, 0.6) is 0 Å². The lowest BCUT2D eigenvalue weighted by atomic mass is 10.2. The Morgan fingerprint density at radius 1 is 1.00 bits per heavy atom. The molecule has 0 bridgehead atoms. The highest BCUT2D eigenvalue weighted by molar-refractivity contribution is 7.88. The molecule has 0 aliphatic rings. The van der Waals surface area contributed by atoms with Crippen LogP contribution >= 0.6 is 0 Å². The van der Waals surface area contributed by atoms with Crippen molar-refractivity contribution in [2.45, 2.75) is 12.8 Å². The van der Waals surface area contributed by atoms with Gasteiger partial charge in [0.2, 0.25) is 15.9 Å². The molecule has 0 atom stereocenters. The molecule has 0 aliphatic heterocycles. The molecule has 1 rings (SSSR count). The van der Waals surface area contributed by atoms with Crippen LogP contribution in [0.4, 0.5) is 5.69 Å². The van der Waals surface area contributed by atoms with Gasteiger partial charge in [-0.3, -0.25) is 4.79 Å². The van der Waals surface area contributed by atoms with Crippen molar-refractivity contribution in [1.29, 1.82) is 0 Å². The van der Waals surface area contributed by atoms with E-state index in [0.717, 1.165) is 18.7 Å². The first-order valence-electron chi connectivity index (χ1n) is 7.63. The van der Waals surface area contributed by atoms with Gasteiger partial charge >= 0.3 is 0 Å². The highest BCUT2D eigenvalue weighted by atomic mass is 32.2. The number of carbonyl (C=O) groups is 1. The monoisotopic (exact) mass is 341 g/mol. The molecule has 1 aromatic carbocycles. The number of carbonyl (C=O) groups excluding carboxylic acids is 1. The van der Waals surface area contributed by atoms with E-state index in [2.05, 4.69) is 0 Å². The maximum atomic E-state index is 12.3. The van der Waals surface area contributed by atoms with E-state index in [9.17, 15) is 13.2 Å². The predicted octanol–water partition coefficient (Wildman–Crippen LogP) is 1.25. The minimum absolute atomic E-state index is 0.0996. The fourth-order valence-corrected chi connectivity index (χ4v) is 3.07. The van der Waals surface area contributed by atoms with Crippen LogP contribution in [0, 0.1) is 0 Å². The number of hydrogen-bond acceptors (Lipinski definition) is 4. The molecule has 0 N–H and O–H groups in total. The van der Waals surface area contributed by atoms with Gasteiger partial charge in [-0.15, -0.1) is 0 Å². The smallest absolute Gasteiger partial charge is 0.228 e. The van der Waals surface area contributed by atoms with Gasteiger partial charge < -0.3 is 9.80 Å². The number of para-hydroxylation sites is 1. The van der Waals surface area contributed by atoms with Gasteiger partial charge in [0.1, 0.15) is 0 Å². The lowest BCUT2D eigenvalue weighted by Crippen LogP contribution is -2.36. The second-order valence-electron chi connectivity index (χ2n) is 5.86. The first-order valence-corrected chi connectivity index (χ1v) is 9.48. The van der Waals surface area contributed by atoms with Gasteiger partial charge in [-0.1, -0.05) is 18.2 Å². The Morgan fingerprint density at radius 2 is 1.61 bits per heavy atom. The summed E-state index contributed by atoms with van der Waals surface area (Å²) >= 11 is 0. The molecule has 1 amide bonds. The largest absolute Gasteiger partial charge is 0.315 e. The van der Waals surface area contributed by atoms with Crippen LogP contribution in [0.2, 0.25) is 0 Å². The Labute approximate surface area is 139 Å². The fourth-order valence-electron chi connectivity index (χ4n) is 2.19. The summed E-state index contributed by atoms with van der Waals surface area (Å²) < 4.78 is 25.1. The number of nitrogens with zero attached hydrogens (tertiary/aromatic N) is 3. The second kappa shape index (κ2) is 9.00. The van der Waals surface area contributed by atoms with Gasteiger partial charge in [-0.2, -0.15) is 0 Å². The summed E-state index contributed by atoms with van der Waals surface area (Å²) in [7, 11) is 2.29. The molecule has 23 heavy (non-hydrogen) atoms. The molecular weight excluding hydrogens is 314 g/mol. The summed E-state index contributed by atoms with van der Waals surface area (Å²) in [5.41, 5.74) is 0.802. The minimum Gasteiger partial charge on any atom is -0.315 e. The molecule has 0 unspecified atom stereocenters.